The Morgan fingerprint density at radius 3 is 2.85 bits per heavy atom. The highest BCUT2D eigenvalue weighted by Crippen LogP contribution is 2.37. The quantitative estimate of drug-likeness (QED) is 0.709. The zero-order valence-corrected chi connectivity index (χ0v) is 14.2. The Morgan fingerprint density at radius 1 is 1.27 bits per heavy atom. The van der Waals surface area contributed by atoms with Gasteiger partial charge in [-0.15, -0.1) is 0 Å². The molecular formula is C19H20N4O3. The Hall–Kier alpha value is -2.93. The lowest BCUT2D eigenvalue weighted by molar-refractivity contribution is 0.0225. The average Bonchev–Trinajstić information content (AvgIpc) is 3.30. The predicted octanol–water partition coefficient (Wildman–Crippen LogP) is 2.16. The van der Waals surface area contributed by atoms with Gasteiger partial charge in [0.05, 0.1) is 24.4 Å². The molecule has 0 aliphatic heterocycles. The third-order valence-corrected chi connectivity index (χ3v) is 4.68. The van der Waals surface area contributed by atoms with E-state index in [0.717, 1.165) is 5.69 Å². The first kappa shape index (κ1) is 16.5. The molecule has 4 rings (SSSR count). The maximum atomic E-state index is 12.7. The van der Waals surface area contributed by atoms with Crippen molar-refractivity contribution in [3.05, 3.63) is 72.2 Å². The lowest BCUT2D eigenvalue weighted by Crippen LogP contribution is -2.41. The standard InChI is InChI=1S/C19H20N4O3/c24-14-10-13(11-14)18(16-4-1-2-7-20-16)22-19(25)17-6-5-15(26-17)12-23-9-3-8-21-23/h1-9,13-14,18,24H,10-12H2,(H,22,25)/t13?,14?,18-/m0/s1. The van der Waals surface area contributed by atoms with Crippen LogP contribution >= 0.6 is 0 Å². The number of hydrogen-bond acceptors (Lipinski definition) is 5. The van der Waals surface area contributed by atoms with Crippen LogP contribution in [0.4, 0.5) is 0 Å². The molecule has 0 aromatic carbocycles. The summed E-state index contributed by atoms with van der Waals surface area (Å²) in [6.45, 7) is 0.471. The van der Waals surface area contributed by atoms with Gasteiger partial charge in [-0.25, -0.2) is 0 Å². The fraction of sp³-hybridized carbons (Fsp3) is 0.316. The van der Waals surface area contributed by atoms with Crippen LogP contribution in [0, 0.1) is 5.92 Å². The van der Waals surface area contributed by atoms with Crippen molar-refractivity contribution in [2.45, 2.75) is 31.5 Å². The van der Waals surface area contributed by atoms with Crippen molar-refractivity contribution >= 4 is 5.91 Å². The van der Waals surface area contributed by atoms with Crippen molar-refractivity contribution in [1.29, 1.82) is 0 Å². The summed E-state index contributed by atoms with van der Waals surface area (Å²) in [7, 11) is 0. The summed E-state index contributed by atoms with van der Waals surface area (Å²) < 4.78 is 7.39. The first-order chi connectivity index (χ1) is 12.7. The number of amides is 1. The number of nitrogens with one attached hydrogen (secondary N) is 1. The van der Waals surface area contributed by atoms with Gasteiger partial charge in [-0.3, -0.25) is 14.5 Å². The summed E-state index contributed by atoms with van der Waals surface area (Å²) in [6, 6.07) is 10.7. The molecule has 1 amide bonds. The summed E-state index contributed by atoms with van der Waals surface area (Å²) in [4.78, 5) is 17.0. The van der Waals surface area contributed by atoms with Crippen LogP contribution in [0.25, 0.3) is 0 Å². The van der Waals surface area contributed by atoms with E-state index in [0.29, 0.717) is 25.1 Å². The van der Waals surface area contributed by atoms with Crippen LogP contribution < -0.4 is 5.32 Å². The van der Waals surface area contributed by atoms with Gasteiger partial charge in [0, 0.05) is 18.6 Å². The van der Waals surface area contributed by atoms with E-state index in [1.807, 2.05) is 30.5 Å². The zero-order valence-electron chi connectivity index (χ0n) is 14.2. The topological polar surface area (TPSA) is 93.2 Å². The number of furan rings is 1. The lowest BCUT2D eigenvalue weighted by atomic mass is 9.76. The van der Waals surface area contributed by atoms with Crippen LogP contribution in [0.15, 0.2) is 59.4 Å². The maximum Gasteiger partial charge on any atom is 0.287 e. The van der Waals surface area contributed by atoms with Crippen molar-refractivity contribution in [2.24, 2.45) is 5.92 Å². The van der Waals surface area contributed by atoms with Gasteiger partial charge in [-0.1, -0.05) is 6.07 Å². The van der Waals surface area contributed by atoms with Gasteiger partial charge in [0.2, 0.25) is 0 Å². The number of aliphatic hydroxyl groups is 1. The van der Waals surface area contributed by atoms with Crippen LogP contribution in [0.1, 0.15) is 40.9 Å². The minimum Gasteiger partial charge on any atom is -0.454 e. The van der Waals surface area contributed by atoms with E-state index < -0.39 is 0 Å². The number of carbonyl (C=O) groups excluding carboxylic acids is 1. The number of aliphatic hydroxyl groups excluding tert-OH is 1. The Balaban J connectivity index is 1.47. The zero-order chi connectivity index (χ0) is 17.9. The summed E-state index contributed by atoms with van der Waals surface area (Å²) in [5, 5.41) is 16.8. The molecule has 0 unspecified atom stereocenters. The molecule has 0 saturated heterocycles. The van der Waals surface area contributed by atoms with Gasteiger partial charge in [-0.2, -0.15) is 5.10 Å². The highest BCUT2D eigenvalue weighted by molar-refractivity contribution is 5.91. The molecule has 1 saturated carbocycles. The summed E-state index contributed by atoms with van der Waals surface area (Å²) >= 11 is 0. The van der Waals surface area contributed by atoms with Gasteiger partial charge in [0.1, 0.15) is 5.76 Å². The van der Waals surface area contributed by atoms with E-state index in [4.69, 9.17) is 4.42 Å². The molecule has 26 heavy (non-hydrogen) atoms. The second kappa shape index (κ2) is 7.13. The molecule has 1 aliphatic rings. The van der Waals surface area contributed by atoms with Crippen molar-refractivity contribution < 1.29 is 14.3 Å². The lowest BCUT2D eigenvalue weighted by Gasteiger charge is -2.37. The van der Waals surface area contributed by atoms with E-state index in [-0.39, 0.29) is 29.7 Å². The molecule has 1 aliphatic carbocycles. The average molecular weight is 352 g/mol. The molecule has 2 N–H and O–H groups in total. The molecule has 134 valence electrons. The third kappa shape index (κ3) is 3.52. The fourth-order valence-electron chi connectivity index (χ4n) is 3.25. The highest BCUT2D eigenvalue weighted by atomic mass is 16.4. The van der Waals surface area contributed by atoms with E-state index in [1.165, 1.54) is 0 Å². The monoisotopic (exact) mass is 352 g/mol. The van der Waals surface area contributed by atoms with Gasteiger partial charge in [0.25, 0.3) is 5.91 Å². The van der Waals surface area contributed by atoms with Crippen LogP contribution in [-0.4, -0.2) is 31.9 Å². The molecular weight excluding hydrogens is 332 g/mol. The van der Waals surface area contributed by atoms with E-state index >= 15 is 0 Å². The molecule has 1 fully saturated rings. The number of carbonyl (C=O) groups is 1. The molecule has 3 aromatic rings. The Bertz CT molecular complexity index is 854. The van der Waals surface area contributed by atoms with E-state index in [2.05, 4.69) is 15.4 Å². The van der Waals surface area contributed by atoms with Gasteiger partial charge < -0.3 is 14.8 Å². The number of rotatable bonds is 6. The molecule has 3 aromatic heterocycles. The molecule has 1 atom stereocenters. The van der Waals surface area contributed by atoms with Crippen LogP contribution in [0.5, 0.6) is 0 Å². The Morgan fingerprint density at radius 2 is 2.15 bits per heavy atom. The Kier molecular flexibility index (Phi) is 4.53. The third-order valence-electron chi connectivity index (χ3n) is 4.68. The normalized spacial score (nSPS) is 20.3. The number of hydrogen-bond donors (Lipinski definition) is 2. The largest absolute Gasteiger partial charge is 0.454 e. The molecule has 0 radical (unpaired) electrons. The van der Waals surface area contributed by atoms with Gasteiger partial charge in [0.15, 0.2) is 5.76 Å². The number of nitrogens with zero attached hydrogens (tertiary/aromatic N) is 3. The minimum atomic E-state index is -0.299. The fourth-order valence-corrected chi connectivity index (χ4v) is 3.25. The SMILES string of the molecule is O=C(N[C@H](c1ccccn1)C1CC(O)C1)c1ccc(Cn2cccn2)o1. The first-order valence-electron chi connectivity index (χ1n) is 8.65. The molecule has 3 heterocycles. The molecule has 0 spiro atoms. The molecule has 7 heteroatoms. The van der Waals surface area contributed by atoms with Crippen LogP contribution in [0.2, 0.25) is 0 Å². The van der Waals surface area contributed by atoms with Crippen molar-refractivity contribution in [3.63, 3.8) is 0 Å². The Labute approximate surface area is 150 Å². The van der Waals surface area contributed by atoms with Crippen LogP contribution in [0.3, 0.4) is 0 Å². The van der Waals surface area contributed by atoms with E-state index in [9.17, 15) is 9.90 Å². The van der Waals surface area contributed by atoms with Crippen molar-refractivity contribution in [1.82, 2.24) is 20.1 Å². The maximum absolute atomic E-state index is 12.7. The van der Waals surface area contributed by atoms with E-state index in [1.54, 1.807) is 29.2 Å². The van der Waals surface area contributed by atoms with Gasteiger partial charge >= 0.3 is 0 Å². The van der Waals surface area contributed by atoms with Crippen molar-refractivity contribution in [3.8, 4) is 0 Å². The second-order valence-electron chi connectivity index (χ2n) is 6.56. The highest BCUT2D eigenvalue weighted by Gasteiger charge is 2.36. The molecule has 0 bridgehead atoms. The molecule has 7 nitrogen and oxygen atoms in total. The minimum absolute atomic E-state index is 0.169. The summed E-state index contributed by atoms with van der Waals surface area (Å²) in [6.07, 6.45) is 6.25. The van der Waals surface area contributed by atoms with Gasteiger partial charge in [-0.05, 0) is 49.1 Å². The number of pyridine rings is 1. The predicted molar refractivity (Wildman–Crippen MR) is 93.2 cm³/mol. The second-order valence-corrected chi connectivity index (χ2v) is 6.56. The first-order valence-corrected chi connectivity index (χ1v) is 8.65. The van der Waals surface area contributed by atoms with Crippen LogP contribution in [-0.2, 0) is 6.54 Å². The van der Waals surface area contributed by atoms with Crippen molar-refractivity contribution in [2.75, 3.05) is 0 Å². The summed E-state index contributed by atoms with van der Waals surface area (Å²) in [5.74, 6) is 0.802. The smallest absolute Gasteiger partial charge is 0.287 e. The number of aromatic nitrogens is 3. The summed E-state index contributed by atoms with van der Waals surface area (Å²) in [5.41, 5.74) is 0.793.